The third-order valence-corrected chi connectivity index (χ3v) is 3.41. The molecule has 0 radical (unpaired) electrons. The minimum Gasteiger partial charge on any atom is -0.467 e. The van der Waals surface area contributed by atoms with E-state index in [1.165, 1.54) is 17.0 Å². The first-order valence-corrected chi connectivity index (χ1v) is 7.19. The fourth-order valence-electron chi connectivity index (χ4n) is 2.31. The van der Waals surface area contributed by atoms with E-state index >= 15 is 0 Å². The number of furan rings is 1. The number of aromatic nitrogens is 1. The third kappa shape index (κ3) is 3.63. The van der Waals surface area contributed by atoms with Gasteiger partial charge in [0.1, 0.15) is 11.6 Å². The highest BCUT2D eigenvalue weighted by atomic mass is 19.1. The van der Waals surface area contributed by atoms with Gasteiger partial charge in [-0.2, -0.15) is 0 Å². The molecule has 2 aromatic heterocycles. The molecule has 1 amide bonds. The molecular formula is C18H15FN2O2. The predicted molar refractivity (Wildman–Crippen MR) is 82.9 cm³/mol. The molecule has 2 heterocycles. The van der Waals surface area contributed by atoms with Crippen LogP contribution in [0.15, 0.2) is 71.6 Å². The van der Waals surface area contributed by atoms with Gasteiger partial charge in [0.05, 0.1) is 18.4 Å². The monoisotopic (exact) mass is 310 g/mol. The minimum atomic E-state index is -0.534. The first-order valence-electron chi connectivity index (χ1n) is 7.19. The van der Waals surface area contributed by atoms with Crippen molar-refractivity contribution in [2.45, 2.75) is 13.1 Å². The molecule has 0 aliphatic heterocycles. The molecule has 4 nitrogen and oxygen atoms in total. The molecule has 0 fully saturated rings. The van der Waals surface area contributed by atoms with Gasteiger partial charge in [-0.15, -0.1) is 0 Å². The Morgan fingerprint density at radius 1 is 1.09 bits per heavy atom. The standard InChI is InChI=1S/C18H15FN2O2/c19-17-8-2-1-7-16(17)18(22)21(13-15-6-4-10-23-15)12-14-5-3-9-20-11-14/h1-11H,12-13H2. The van der Waals surface area contributed by atoms with Gasteiger partial charge in [0.15, 0.2) is 0 Å². The van der Waals surface area contributed by atoms with Gasteiger partial charge in [-0.25, -0.2) is 4.39 Å². The van der Waals surface area contributed by atoms with Gasteiger partial charge in [-0.3, -0.25) is 9.78 Å². The second kappa shape index (κ2) is 6.87. The van der Waals surface area contributed by atoms with Crippen LogP contribution < -0.4 is 0 Å². The van der Waals surface area contributed by atoms with Gasteiger partial charge in [0.25, 0.3) is 5.91 Å². The van der Waals surface area contributed by atoms with Gasteiger partial charge in [-0.05, 0) is 35.9 Å². The van der Waals surface area contributed by atoms with Crippen LogP contribution in [0.25, 0.3) is 0 Å². The SMILES string of the molecule is O=C(c1ccccc1F)N(Cc1cccnc1)Cc1ccco1. The smallest absolute Gasteiger partial charge is 0.257 e. The van der Waals surface area contributed by atoms with Crippen molar-refractivity contribution in [2.75, 3.05) is 0 Å². The summed E-state index contributed by atoms with van der Waals surface area (Å²) in [5, 5.41) is 0. The molecule has 0 saturated heterocycles. The second-order valence-electron chi connectivity index (χ2n) is 5.08. The summed E-state index contributed by atoms with van der Waals surface area (Å²) in [6.07, 6.45) is 4.90. The number of amides is 1. The van der Waals surface area contributed by atoms with E-state index in [-0.39, 0.29) is 18.0 Å². The topological polar surface area (TPSA) is 46.3 Å². The molecule has 23 heavy (non-hydrogen) atoms. The van der Waals surface area contributed by atoms with Crippen LogP contribution in [0.4, 0.5) is 4.39 Å². The molecule has 116 valence electrons. The zero-order valence-corrected chi connectivity index (χ0v) is 12.4. The lowest BCUT2D eigenvalue weighted by atomic mass is 10.1. The molecule has 0 atom stereocenters. The third-order valence-electron chi connectivity index (χ3n) is 3.41. The van der Waals surface area contributed by atoms with Crippen LogP contribution >= 0.6 is 0 Å². The maximum Gasteiger partial charge on any atom is 0.257 e. The maximum atomic E-state index is 13.9. The number of rotatable bonds is 5. The number of halogens is 1. The van der Waals surface area contributed by atoms with E-state index in [9.17, 15) is 9.18 Å². The van der Waals surface area contributed by atoms with Gasteiger partial charge in [-0.1, -0.05) is 18.2 Å². The summed E-state index contributed by atoms with van der Waals surface area (Å²) in [7, 11) is 0. The van der Waals surface area contributed by atoms with Crippen molar-refractivity contribution < 1.29 is 13.6 Å². The molecule has 0 N–H and O–H groups in total. The molecule has 0 saturated carbocycles. The molecular weight excluding hydrogens is 295 g/mol. The molecule has 0 unspecified atom stereocenters. The van der Waals surface area contributed by atoms with E-state index in [0.29, 0.717) is 12.3 Å². The highest BCUT2D eigenvalue weighted by molar-refractivity contribution is 5.94. The maximum absolute atomic E-state index is 13.9. The van der Waals surface area contributed by atoms with Crippen LogP contribution in [0, 0.1) is 5.82 Å². The number of hydrogen-bond donors (Lipinski definition) is 0. The van der Waals surface area contributed by atoms with Crippen LogP contribution in [0.2, 0.25) is 0 Å². The van der Waals surface area contributed by atoms with Gasteiger partial charge in [0, 0.05) is 18.9 Å². The fraction of sp³-hybridized carbons (Fsp3) is 0.111. The molecule has 1 aromatic carbocycles. The van der Waals surface area contributed by atoms with E-state index in [2.05, 4.69) is 4.98 Å². The van der Waals surface area contributed by atoms with Crippen molar-refractivity contribution in [3.8, 4) is 0 Å². The van der Waals surface area contributed by atoms with Gasteiger partial charge >= 0.3 is 0 Å². The lowest BCUT2D eigenvalue weighted by molar-refractivity contribution is 0.0712. The van der Waals surface area contributed by atoms with E-state index in [4.69, 9.17) is 4.42 Å². The Kier molecular flexibility index (Phi) is 4.47. The summed E-state index contributed by atoms with van der Waals surface area (Å²) in [5.74, 6) is -0.282. The van der Waals surface area contributed by atoms with E-state index < -0.39 is 5.82 Å². The summed E-state index contributed by atoms with van der Waals surface area (Å²) >= 11 is 0. The molecule has 0 spiro atoms. The Balaban J connectivity index is 1.88. The Bertz CT molecular complexity index is 773. The zero-order valence-electron chi connectivity index (χ0n) is 12.4. The predicted octanol–water partition coefficient (Wildman–Crippen LogP) is 3.66. The molecule has 0 aliphatic rings. The number of pyridine rings is 1. The quantitative estimate of drug-likeness (QED) is 0.722. The number of carbonyl (C=O) groups excluding carboxylic acids is 1. The Hall–Kier alpha value is -2.95. The van der Waals surface area contributed by atoms with Gasteiger partial charge < -0.3 is 9.32 Å². The minimum absolute atomic E-state index is 0.0444. The second-order valence-corrected chi connectivity index (χ2v) is 5.08. The largest absolute Gasteiger partial charge is 0.467 e. The zero-order chi connectivity index (χ0) is 16.1. The summed E-state index contributed by atoms with van der Waals surface area (Å²) in [6, 6.07) is 13.2. The van der Waals surface area contributed by atoms with Crippen LogP contribution in [0.5, 0.6) is 0 Å². The first-order chi connectivity index (χ1) is 11.2. The van der Waals surface area contributed by atoms with Crippen LogP contribution in [-0.4, -0.2) is 15.8 Å². The van der Waals surface area contributed by atoms with E-state index in [1.54, 1.807) is 49.0 Å². The summed E-state index contributed by atoms with van der Waals surface area (Å²) in [4.78, 5) is 18.3. The summed E-state index contributed by atoms with van der Waals surface area (Å²) in [5.41, 5.74) is 0.909. The molecule has 3 aromatic rings. The normalized spacial score (nSPS) is 10.5. The van der Waals surface area contributed by atoms with Crippen LogP contribution in [-0.2, 0) is 13.1 Å². The van der Waals surface area contributed by atoms with E-state index in [1.807, 2.05) is 6.07 Å². The lowest BCUT2D eigenvalue weighted by Crippen LogP contribution is -2.30. The summed E-state index contributed by atoms with van der Waals surface area (Å²) < 4.78 is 19.2. The fourth-order valence-corrected chi connectivity index (χ4v) is 2.31. The summed E-state index contributed by atoms with van der Waals surface area (Å²) in [6.45, 7) is 0.580. The molecule has 0 aliphatic carbocycles. The number of nitrogens with zero attached hydrogens (tertiary/aromatic N) is 2. The molecule has 3 rings (SSSR count). The average Bonchev–Trinajstić information content (AvgIpc) is 3.08. The van der Waals surface area contributed by atoms with Crippen LogP contribution in [0.3, 0.4) is 0 Å². The number of carbonyl (C=O) groups is 1. The first kappa shape index (κ1) is 15.0. The lowest BCUT2D eigenvalue weighted by Gasteiger charge is -2.22. The van der Waals surface area contributed by atoms with Crippen molar-refractivity contribution in [1.29, 1.82) is 0 Å². The average molecular weight is 310 g/mol. The van der Waals surface area contributed by atoms with Crippen molar-refractivity contribution in [1.82, 2.24) is 9.88 Å². The van der Waals surface area contributed by atoms with Crippen molar-refractivity contribution in [2.24, 2.45) is 0 Å². The Morgan fingerprint density at radius 2 is 1.96 bits per heavy atom. The van der Waals surface area contributed by atoms with Crippen LogP contribution in [0.1, 0.15) is 21.7 Å². The highest BCUT2D eigenvalue weighted by Crippen LogP contribution is 2.16. The van der Waals surface area contributed by atoms with Crippen molar-refractivity contribution >= 4 is 5.91 Å². The number of hydrogen-bond acceptors (Lipinski definition) is 3. The van der Waals surface area contributed by atoms with Gasteiger partial charge in [0.2, 0.25) is 0 Å². The molecule has 5 heteroatoms. The number of benzene rings is 1. The highest BCUT2D eigenvalue weighted by Gasteiger charge is 2.20. The molecule has 0 bridgehead atoms. The van der Waals surface area contributed by atoms with E-state index in [0.717, 1.165) is 5.56 Å². The Morgan fingerprint density at radius 3 is 2.65 bits per heavy atom. The van der Waals surface area contributed by atoms with Crippen molar-refractivity contribution in [3.05, 3.63) is 89.9 Å². The van der Waals surface area contributed by atoms with Crippen molar-refractivity contribution in [3.63, 3.8) is 0 Å². The Labute approximate surface area is 133 Å².